The summed E-state index contributed by atoms with van der Waals surface area (Å²) < 4.78 is 6.63. The average Bonchev–Trinajstić information content (AvgIpc) is 3.01. The first-order chi connectivity index (χ1) is 19.4. The number of rotatable bonds is 10. The van der Waals surface area contributed by atoms with Crippen LogP contribution in [-0.2, 0) is 17.8 Å². The Balaban J connectivity index is 1.51. The minimum atomic E-state index is -0.287. The zero-order valence-corrected chi connectivity index (χ0v) is 23.4. The normalized spacial score (nSPS) is 18.0. The highest BCUT2D eigenvalue weighted by atomic mass is 16.5. The summed E-state index contributed by atoms with van der Waals surface area (Å²) in [4.78, 5) is 21.6. The van der Waals surface area contributed by atoms with Gasteiger partial charge >= 0.3 is 0 Å². The van der Waals surface area contributed by atoms with Crippen LogP contribution in [0.4, 0.5) is 11.4 Å². The number of aromatic nitrogens is 1. The Kier molecular flexibility index (Phi) is 9.95. The number of fused-ring (bicyclic) bond motifs is 1. The van der Waals surface area contributed by atoms with Crippen molar-refractivity contribution in [1.29, 1.82) is 5.26 Å². The van der Waals surface area contributed by atoms with Crippen molar-refractivity contribution in [3.05, 3.63) is 83.7 Å². The standard InChI is InChI=1S/C31H38N6O3/c1-22-17-37(23(2)20-38)31(39)15-26-14-28(35-21-34-27-6-4-24(16-32)5-7-27)8-9-29(26)40-30(22)19-36(3)18-25-10-12-33-13-11-25/h4-14,22-23,30,34-35,38H,15,17-21H2,1-3H3. The lowest BCUT2D eigenvalue weighted by molar-refractivity contribution is -0.134. The van der Waals surface area contributed by atoms with Crippen LogP contribution in [0.1, 0.15) is 30.5 Å². The van der Waals surface area contributed by atoms with Gasteiger partial charge in [-0.2, -0.15) is 5.26 Å². The monoisotopic (exact) mass is 542 g/mol. The van der Waals surface area contributed by atoms with Crippen molar-refractivity contribution in [1.82, 2.24) is 14.8 Å². The predicted octanol–water partition coefficient (Wildman–Crippen LogP) is 3.72. The van der Waals surface area contributed by atoms with E-state index in [1.165, 1.54) is 5.56 Å². The fourth-order valence-electron chi connectivity index (χ4n) is 4.84. The summed E-state index contributed by atoms with van der Waals surface area (Å²) in [7, 11) is 2.07. The highest BCUT2D eigenvalue weighted by Crippen LogP contribution is 2.29. The van der Waals surface area contributed by atoms with Crippen LogP contribution in [-0.4, -0.2) is 71.4 Å². The molecule has 4 rings (SSSR count). The number of benzene rings is 2. The SMILES string of the molecule is CC1CN(C(C)CO)C(=O)Cc2cc(NCNc3ccc(C#N)cc3)ccc2OC1CN(C)Cc1ccncc1. The molecule has 2 aromatic carbocycles. The van der Waals surface area contributed by atoms with E-state index in [9.17, 15) is 9.90 Å². The van der Waals surface area contributed by atoms with Crippen LogP contribution in [0.15, 0.2) is 67.0 Å². The summed E-state index contributed by atoms with van der Waals surface area (Å²) in [5.74, 6) is 0.710. The van der Waals surface area contributed by atoms with Gasteiger partial charge in [0, 0.05) is 54.9 Å². The summed E-state index contributed by atoms with van der Waals surface area (Å²) in [6.07, 6.45) is 3.61. The molecule has 9 heteroatoms. The second-order valence-corrected chi connectivity index (χ2v) is 10.5. The number of nitrogens with zero attached hydrogens (tertiary/aromatic N) is 4. The Hall–Kier alpha value is -4.13. The minimum Gasteiger partial charge on any atom is -0.488 e. The van der Waals surface area contributed by atoms with Crippen molar-refractivity contribution in [2.75, 3.05) is 44.0 Å². The second-order valence-electron chi connectivity index (χ2n) is 10.5. The smallest absolute Gasteiger partial charge is 0.227 e. The van der Waals surface area contributed by atoms with Crippen LogP contribution >= 0.6 is 0 Å². The molecule has 3 unspecified atom stereocenters. The van der Waals surface area contributed by atoms with Gasteiger partial charge in [-0.05, 0) is 74.1 Å². The Morgan fingerprint density at radius 1 is 1.15 bits per heavy atom. The number of ether oxygens (including phenoxy) is 1. The number of carbonyl (C=O) groups excluding carboxylic acids is 1. The second kappa shape index (κ2) is 13.8. The van der Waals surface area contributed by atoms with Gasteiger partial charge < -0.3 is 25.4 Å². The maximum Gasteiger partial charge on any atom is 0.227 e. The average molecular weight is 543 g/mol. The molecule has 0 spiro atoms. The van der Waals surface area contributed by atoms with Crippen LogP contribution < -0.4 is 15.4 Å². The van der Waals surface area contributed by atoms with E-state index in [2.05, 4.69) is 40.6 Å². The molecular weight excluding hydrogens is 504 g/mol. The summed E-state index contributed by atoms with van der Waals surface area (Å²) in [6, 6.07) is 19.0. The maximum absolute atomic E-state index is 13.4. The van der Waals surface area contributed by atoms with Crippen LogP contribution in [0.25, 0.3) is 0 Å². The van der Waals surface area contributed by atoms with Crippen molar-refractivity contribution < 1.29 is 14.6 Å². The molecule has 1 amide bonds. The van der Waals surface area contributed by atoms with E-state index in [0.29, 0.717) is 31.1 Å². The van der Waals surface area contributed by atoms with Gasteiger partial charge in [0.1, 0.15) is 11.9 Å². The molecular formula is C31H38N6O3. The number of amides is 1. The van der Waals surface area contributed by atoms with Crippen molar-refractivity contribution in [2.45, 2.75) is 39.0 Å². The molecule has 0 radical (unpaired) electrons. The summed E-state index contributed by atoms with van der Waals surface area (Å²) in [5.41, 5.74) is 4.34. The number of hydrogen-bond donors (Lipinski definition) is 3. The molecule has 1 aromatic heterocycles. The number of aliphatic hydroxyl groups is 1. The van der Waals surface area contributed by atoms with E-state index in [-0.39, 0.29) is 37.0 Å². The minimum absolute atomic E-state index is 0.0307. The Bertz CT molecular complexity index is 1290. The van der Waals surface area contributed by atoms with E-state index >= 15 is 0 Å². The van der Waals surface area contributed by atoms with Gasteiger partial charge in [0.25, 0.3) is 0 Å². The molecule has 0 aliphatic carbocycles. The summed E-state index contributed by atoms with van der Waals surface area (Å²) in [5, 5.41) is 25.5. The van der Waals surface area contributed by atoms with Gasteiger partial charge in [-0.1, -0.05) is 6.92 Å². The van der Waals surface area contributed by atoms with Crippen molar-refractivity contribution in [3.63, 3.8) is 0 Å². The van der Waals surface area contributed by atoms with Crippen molar-refractivity contribution in [3.8, 4) is 11.8 Å². The molecule has 3 aromatic rings. The zero-order chi connectivity index (χ0) is 28.5. The van der Waals surface area contributed by atoms with E-state index in [0.717, 1.165) is 23.5 Å². The molecule has 0 saturated carbocycles. The first-order valence-corrected chi connectivity index (χ1v) is 13.6. The van der Waals surface area contributed by atoms with Crippen LogP contribution in [0.5, 0.6) is 5.75 Å². The van der Waals surface area contributed by atoms with Gasteiger partial charge in [-0.15, -0.1) is 0 Å². The molecule has 40 heavy (non-hydrogen) atoms. The number of pyridine rings is 1. The van der Waals surface area contributed by atoms with Crippen LogP contribution in [0.3, 0.4) is 0 Å². The van der Waals surface area contributed by atoms with E-state index in [4.69, 9.17) is 10.00 Å². The van der Waals surface area contributed by atoms with Gasteiger partial charge in [-0.25, -0.2) is 0 Å². The molecule has 3 N–H and O–H groups in total. The lowest BCUT2D eigenvalue weighted by Gasteiger charge is -2.34. The van der Waals surface area contributed by atoms with E-state index < -0.39 is 0 Å². The number of nitriles is 1. The summed E-state index contributed by atoms with van der Waals surface area (Å²) >= 11 is 0. The lowest BCUT2D eigenvalue weighted by Crippen LogP contribution is -2.47. The fourth-order valence-corrected chi connectivity index (χ4v) is 4.84. The number of carbonyl (C=O) groups is 1. The van der Waals surface area contributed by atoms with Crippen molar-refractivity contribution >= 4 is 17.3 Å². The van der Waals surface area contributed by atoms with Crippen LogP contribution in [0, 0.1) is 17.2 Å². The molecule has 9 nitrogen and oxygen atoms in total. The molecule has 1 aliphatic heterocycles. The Morgan fingerprint density at radius 2 is 1.85 bits per heavy atom. The maximum atomic E-state index is 13.4. The number of anilines is 2. The first-order valence-electron chi connectivity index (χ1n) is 13.6. The van der Waals surface area contributed by atoms with Gasteiger partial charge in [0.05, 0.1) is 37.4 Å². The van der Waals surface area contributed by atoms with E-state index in [1.807, 2.05) is 49.4 Å². The highest BCUT2D eigenvalue weighted by Gasteiger charge is 2.31. The molecule has 1 aliphatic rings. The molecule has 0 bridgehead atoms. The van der Waals surface area contributed by atoms with Gasteiger partial charge in [-0.3, -0.25) is 14.7 Å². The number of hydrogen-bond acceptors (Lipinski definition) is 8. The third-order valence-corrected chi connectivity index (χ3v) is 7.21. The van der Waals surface area contributed by atoms with Crippen molar-refractivity contribution in [2.24, 2.45) is 5.92 Å². The largest absolute Gasteiger partial charge is 0.488 e. The zero-order valence-electron chi connectivity index (χ0n) is 23.4. The third-order valence-electron chi connectivity index (χ3n) is 7.21. The molecule has 3 atom stereocenters. The molecule has 2 heterocycles. The molecule has 210 valence electrons. The quantitative estimate of drug-likeness (QED) is 0.332. The number of nitrogens with one attached hydrogen (secondary N) is 2. The lowest BCUT2D eigenvalue weighted by atomic mass is 10.0. The first kappa shape index (κ1) is 28.9. The Morgan fingerprint density at radius 3 is 2.55 bits per heavy atom. The number of aliphatic hydroxyl groups excluding tert-OH is 1. The summed E-state index contributed by atoms with van der Waals surface area (Å²) in [6.45, 7) is 6.28. The van der Waals surface area contributed by atoms with Gasteiger partial charge in [0.2, 0.25) is 5.91 Å². The Labute approximate surface area is 236 Å². The highest BCUT2D eigenvalue weighted by molar-refractivity contribution is 5.80. The number of likely N-dealkylation sites (N-methyl/N-ethyl adjacent to an activating group) is 1. The topological polar surface area (TPSA) is 114 Å². The van der Waals surface area contributed by atoms with Crippen LogP contribution in [0.2, 0.25) is 0 Å². The van der Waals surface area contributed by atoms with Gasteiger partial charge in [0.15, 0.2) is 0 Å². The predicted molar refractivity (Wildman–Crippen MR) is 156 cm³/mol. The fraction of sp³-hybridized carbons (Fsp3) is 0.387. The third kappa shape index (κ3) is 7.72. The van der Waals surface area contributed by atoms with E-state index in [1.54, 1.807) is 29.4 Å². The molecule has 0 saturated heterocycles. The molecule has 0 fully saturated rings.